The molecule has 1 N–H and O–H groups in total. The summed E-state index contributed by atoms with van der Waals surface area (Å²) in [6.07, 6.45) is 5.61. The molecule has 3 heterocycles. The summed E-state index contributed by atoms with van der Waals surface area (Å²) in [5, 5.41) is 1.82. The smallest absolute Gasteiger partial charge is 0.283 e. The van der Waals surface area contributed by atoms with Crippen molar-refractivity contribution in [2.45, 2.75) is 39.9 Å². The Morgan fingerprint density at radius 1 is 1.21 bits per heavy atom. The first-order valence-corrected chi connectivity index (χ1v) is 14.8. The van der Waals surface area contributed by atoms with Gasteiger partial charge in [-0.2, -0.15) is 13.0 Å². The third-order valence-corrected chi connectivity index (χ3v) is 9.53. The number of nitrogens with zero attached hydrogens (tertiary/aromatic N) is 3. The normalized spacial score (nSPS) is 19.5. The van der Waals surface area contributed by atoms with E-state index in [0.29, 0.717) is 11.1 Å². The van der Waals surface area contributed by atoms with E-state index in [1.165, 1.54) is 33.3 Å². The summed E-state index contributed by atoms with van der Waals surface area (Å²) in [5.74, 6) is 0.271. The molecule has 176 valence electrons. The van der Waals surface area contributed by atoms with Gasteiger partial charge in [-0.3, -0.25) is 13.9 Å². The van der Waals surface area contributed by atoms with Crippen molar-refractivity contribution in [1.29, 1.82) is 0 Å². The maximum Gasteiger partial charge on any atom is 0.283 e. The van der Waals surface area contributed by atoms with Crippen LogP contribution in [0.25, 0.3) is 22.4 Å². The molecule has 1 aliphatic rings. The van der Waals surface area contributed by atoms with E-state index >= 15 is 0 Å². The second-order valence-electron chi connectivity index (χ2n) is 7.66. The van der Waals surface area contributed by atoms with Crippen molar-refractivity contribution in [2.24, 2.45) is 0 Å². The molecule has 4 rings (SSSR count). The van der Waals surface area contributed by atoms with E-state index in [9.17, 15) is 17.8 Å². The average molecular weight is 525 g/mol. The summed E-state index contributed by atoms with van der Waals surface area (Å²) >= 11 is 4.65. The van der Waals surface area contributed by atoms with Gasteiger partial charge in [0.05, 0.1) is 15.6 Å². The van der Waals surface area contributed by atoms with Crippen LogP contribution in [0.1, 0.15) is 25.8 Å². The number of thiazole rings is 2. The molecule has 0 saturated carbocycles. The Morgan fingerprint density at radius 3 is 2.67 bits per heavy atom. The molecule has 0 aliphatic carbocycles. The van der Waals surface area contributed by atoms with Gasteiger partial charge in [0.1, 0.15) is 21.8 Å². The van der Waals surface area contributed by atoms with Crippen molar-refractivity contribution in [2.75, 3.05) is 11.6 Å². The predicted octanol–water partition coefficient (Wildman–Crippen LogP) is 2.19. The summed E-state index contributed by atoms with van der Waals surface area (Å²) in [4.78, 5) is 14.7. The number of para-hydroxylation sites is 1. The van der Waals surface area contributed by atoms with Crippen LogP contribution in [-0.4, -0.2) is 40.1 Å². The van der Waals surface area contributed by atoms with E-state index in [0.717, 1.165) is 27.0 Å². The van der Waals surface area contributed by atoms with E-state index < -0.39 is 16.0 Å². The van der Waals surface area contributed by atoms with Gasteiger partial charge in [-0.15, -0.1) is 23.1 Å². The maximum absolute atomic E-state index is 13.1. The van der Waals surface area contributed by atoms with Crippen molar-refractivity contribution < 1.29 is 17.5 Å². The predicted molar refractivity (Wildman–Crippen MR) is 137 cm³/mol. The fourth-order valence-electron chi connectivity index (χ4n) is 3.80. The lowest BCUT2D eigenvalue weighted by Crippen LogP contribution is -2.35. The molecule has 33 heavy (non-hydrogen) atoms. The Kier molecular flexibility index (Phi) is 7.15. The highest BCUT2D eigenvalue weighted by molar-refractivity contribution is 8.03. The van der Waals surface area contributed by atoms with Crippen LogP contribution in [0.5, 0.6) is 0 Å². The van der Waals surface area contributed by atoms with Crippen molar-refractivity contribution in [3.8, 4) is 0 Å². The van der Waals surface area contributed by atoms with E-state index in [2.05, 4.69) is 29.7 Å². The Morgan fingerprint density at radius 2 is 1.97 bits per heavy atom. The van der Waals surface area contributed by atoms with Crippen molar-refractivity contribution in [3.05, 3.63) is 59.9 Å². The second-order valence-corrected chi connectivity index (χ2v) is 12.2. The molecule has 0 spiro atoms. The number of benzene rings is 1. The molecule has 1 saturated heterocycles. The molecule has 1 aliphatic heterocycles. The van der Waals surface area contributed by atoms with Crippen LogP contribution < -0.4 is 19.3 Å². The lowest BCUT2D eigenvalue weighted by Gasteiger charge is -2.21. The Labute approximate surface area is 204 Å². The van der Waals surface area contributed by atoms with Crippen molar-refractivity contribution in [1.82, 2.24) is 9.47 Å². The highest BCUT2D eigenvalue weighted by Crippen LogP contribution is 2.32. The minimum Gasteiger partial charge on any atom is -0.347 e. The van der Waals surface area contributed by atoms with Crippen LogP contribution in [0.4, 0.5) is 0 Å². The molecule has 1 aromatic carbocycles. The number of aromatic nitrogens is 2. The highest BCUT2D eigenvalue weighted by atomic mass is 32.2. The summed E-state index contributed by atoms with van der Waals surface area (Å²) < 4.78 is 38.8. The van der Waals surface area contributed by atoms with Crippen LogP contribution >= 0.6 is 34.4 Å². The number of aryl methyl sites for hydroxylation is 1. The van der Waals surface area contributed by atoms with Crippen LogP contribution in [-0.2, 0) is 23.2 Å². The number of thioether (sulfide) groups is 1. The lowest BCUT2D eigenvalue weighted by atomic mass is 10.3. The Hall–Kier alpha value is -1.92. The Bertz CT molecular complexity index is 1500. The minimum absolute atomic E-state index is 0.0199. The Balaban J connectivity index is 1.79. The van der Waals surface area contributed by atoms with Gasteiger partial charge >= 0.3 is 0 Å². The van der Waals surface area contributed by atoms with E-state index in [4.69, 9.17) is 0 Å². The quantitative estimate of drug-likeness (QED) is 0.393. The van der Waals surface area contributed by atoms with Crippen molar-refractivity contribution >= 4 is 66.9 Å². The average Bonchev–Trinajstić information content (AvgIpc) is 3.39. The lowest BCUT2D eigenvalue weighted by molar-refractivity contribution is -0.665. The van der Waals surface area contributed by atoms with Crippen LogP contribution in [0.3, 0.4) is 0 Å². The molecule has 0 radical (unpaired) electrons. The number of rotatable bonds is 6. The number of hydrogen-bond donors (Lipinski definition) is 1. The fraction of sp³-hybridized carbons (Fsp3) is 0.364. The zero-order chi connectivity index (χ0) is 23.8. The van der Waals surface area contributed by atoms with E-state index in [1.807, 2.05) is 26.0 Å². The topological polar surface area (TPSA) is 83.5 Å². The summed E-state index contributed by atoms with van der Waals surface area (Å²) in [6.45, 7) is 7.37. The van der Waals surface area contributed by atoms with Gasteiger partial charge < -0.3 is 4.90 Å². The van der Waals surface area contributed by atoms with Gasteiger partial charge in [-0.05, 0) is 39.0 Å². The van der Waals surface area contributed by atoms with E-state index in [1.54, 1.807) is 33.0 Å². The molecule has 1 fully saturated rings. The van der Waals surface area contributed by atoms with Gasteiger partial charge in [0.15, 0.2) is 0 Å². The molecule has 0 bridgehead atoms. The maximum atomic E-state index is 13.1. The fourth-order valence-corrected chi connectivity index (χ4v) is 8.08. The minimum atomic E-state index is -4.14. The zero-order valence-corrected chi connectivity index (χ0v) is 21.9. The first kappa shape index (κ1) is 24.2. The van der Waals surface area contributed by atoms with E-state index in [-0.39, 0.29) is 11.6 Å². The zero-order valence-electron chi connectivity index (χ0n) is 18.6. The molecule has 7 nitrogen and oxygen atoms in total. The van der Waals surface area contributed by atoms with Gasteiger partial charge in [0, 0.05) is 24.4 Å². The third-order valence-electron chi connectivity index (χ3n) is 5.42. The largest absolute Gasteiger partial charge is 0.347 e. The number of fused-ring (bicyclic) bond motifs is 1. The standard InChI is InChI=1S/C22H25N3O4S4/c1-4-23-16-8-6-7-9-17(16)31-20(23)12-21-24(5-2)22(26)18(32-21)10-11-19-25(14-33(27,28)29)15(3)13-30-19/h6-12,15H,4-5,13-14H2,1-3H3/p+1/b18-10-,19-11+. The molecular formula is C22H26N3O4S4+. The molecular weight excluding hydrogens is 499 g/mol. The van der Waals surface area contributed by atoms with Crippen LogP contribution in [0, 0.1) is 0 Å². The molecule has 1 atom stereocenters. The molecule has 2 aromatic heterocycles. The molecule has 11 heteroatoms. The van der Waals surface area contributed by atoms with Crippen LogP contribution in [0.15, 0.2) is 40.2 Å². The van der Waals surface area contributed by atoms with Crippen LogP contribution in [0.2, 0.25) is 0 Å². The summed E-state index contributed by atoms with van der Waals surface area (Å²) in [6, 6.07) is 8.26. The summed E-state index contributed by atoms with van der Waals surface area (Å²) in [7, 11) is -4.14. The van der Waals surface area contributed by atoms with Gasteiger partial charge in [-0.25, -0.2) is 0 Å². The van der Waals surface area contributed by atoms with Gasteiger partial charge in [-0.1, -0.05) is 23.5 Å². The van der Waals surface area contributed by atoms with Gasteiger partial charge in [0.2, 0.25) is 5.52 Å². The van der Waals surface area contributed by atoms with Gasteiger partial charge in [0.25, 0.3) is 20.7 Å². The molecule has 1 unspecified atom stereocenters. The first-order chi connectivity index (χ1) is 15.7. The summed E-state index contributed by atoms with van der Waals surface area (Å²) in [5.41, 5.74) is 1.12. The molecule has 3 aromatic rings. The van der Waals surface area contributed by atoms with Crippen molar-refractivity contribution in [3.63, 3.8) is 0 Å². The highest BCUT2D eigenvalue weighted by Gasteiger charge is 2.28. The second kappa shape index (κ2) is 9.75. The first-order valence-electron chi connectivity index (χ1n) is 10.6. The SMILES string of the molecule is CCn1c(=Cc2sc3ccccc3[n+]2CC)s/c(=C\C=C2\SCC(C)N2CS(=O)(=O)O)c1=O. The molecule has 0 amide bonds. The number of allylic oxidation sites excluding steroid dienone is 1. The third kappa shape index (κ3) is 5.12. The monoisotopic (exact) mass is 524 g/mol. The number of hydrogen-bond acceptors (Lipinski definition) is 7.